The van der Waals surface area contributed by atoms with Gasteiger partial charge < -0.3 is 29.4 Å². The summed E-state index contributed by atoms with van der Waals surface area (Å²) in [5, 5.41) is 12.9. The maximum Gasteiger partial charge on any atom is 0.338 e. The van der Waals surface area contributed by atoms with Crippen LogP contribution in [0, 0.1) is 5.82 Å². The molecule has 0 bridgehead atoms. The highest BCUT2D eigenvalue weighted by atomic mass is 19.1. The molecule has 1 amide bonds. The van der Waals surface area contributed by atoms with Crippen LogP contribution in [0.15, 0.2) is 46.9 Å². The molecule has 0 unspecified atom stereocenters. The van der Waals surface area contributed by atoms with Gasteiger partial charge in [-0.05, 0) is 43.3 Å². The van der Waals surface area contributed by atoms with Crippen LogP contribution in [0.1, 0.15) is 28.0 Å². The van der Waals surface area contributed by atoms with Crippen LogP contribution >= 0.6 is 0 Å². The Labute approximate surface area is 188 Å². The van der Waals surface area contributed by atoms with Crippen molar-refractivity contribution in [2.24, 2.45) is 0 Å². The minimum Gasteiger partial charge on any atom is -0.462 e. The maximum absolute atomic E-state index is 14.5. The van der Waals surface area contributed by atoms with Crippen molar-refractivity contribution in [3.63, 3.8) is 0 Å². The largest absolute Gasteiger partial charge is 0.462 e. The summed E-state index contributed by atoms with van der Waals surface area (Å²) in [5.41, 5.74) is 1.55. The van der Waals surface area contributed by atoms with Gasteiger partial charge in [-0.25, -0.2) is 9.18 Å². The number of amides is 1. The lowest BCUT2D eigenvalue weighted by Gasteiger charge is -2.29. The van der Waals surface area contributed by atoms with Gasteiger partial charge in [-0.15, -0.1) is 5.10 Å². The third-order valence-electron chi connectivity index (χ3n) is 4.80. The molecule has 0 atom stereocenters. The fourth-order valence-electron chi connectivity index (χ4n) is 3.26. The molecule has 10 nitrogen and oxygen atoms in total. The van der Waals surface area contributed by atoms with E-state index in [2.05, 4.69) is 20.8 Å². The molecule has 2 N–H and O–H groups in total. The quantitative estimate of drug-likeness (QED) is 0.518. The van der Waals surface area contributed by atoms with E-state index in [1.165, 1.54) is 6.07 Å². The number of halogens is 1. The number of nitrogens with zero attached hydrogens (tertiary/aromatic N) is 3. The van der Waals surface area contributed by atoms with Crippen molar-refractivity contribution in [3.05, 3.63) is 59.7 Å². The number of carbonyl (C=O) groups excluding carboxylic acids is 2. The number of carbonyl (C=O) groups is 2. The molecule has 0 aliphatic carbocycles. The number of anilines is 4. The number of hydrogen-bond acceptors (Lipinski definition) is 9. The number of rotatable bonds is 7. The minimum absolute atomic E-state index is 0.0463. The first kappa shape index (κ1) is 22.2. The van der Waals surface area contributed by atoms with Gasteiger partial charge in [0.25, 0.3) is 0 Å². The van der Waals surface area contributed by atoms with Crippen molar-refractivity contribution in [1.29, 1.82) is 0 Å². The monoisotopic (exact) mass is 455 g/mol. The fraction of sp³-hybridized carbons (Fsp3) is 0.273. The summed E-state index contributed by atoms with van der Waals surface area (Å²) < 4.78 is 30.1. The molecule has 1 aromatic heterocycles. The van der Waals surface area contributed by atoms with Gasteiger partial charge in [-0.2, -0.15) is 0 Å². The molecule has 4 rings (SSSR count). The lowest BCUT2D eigenvalue weighted by atomic mass is 10.2. The molecular formula is C22H22FN5O5. The number of morpholine rings is 1. The Morgan fingerprint density at radius 3 is 2.70 bits per heavy atom. The van der Waals surface area contributed by atoms with Crippen molar-refractivity contribution in [2.45, 2.75) is 6.92 Å². The Balaban J connectivity index is 1.39. The van der Waals surface area contributed by atoms with E-state index in [4.69, 9.17) is 13.9 Å². The number of nitrogens with one attached hydrogen (secondary N) is 2. The maximum atomic E-state index is 14.5. The van der Waals surface area contributed by atoms with Gasteiger partial charge in [-0.1, -0.05) is 11.2 Å². The zero-order valence-electron chi connectivity index (χ0n) is 17.8. The highest BCUT2D eigenvalue weighted by molar-refractivity contribution is 6.01. The van der Waals surface area contributed by atoms with Crippen LogP contribution in [0.2, 0.25) is 0 Å². The fourth-order valence-corrected chi connectivity index (χ4v) is 3.26. The molecule has 33 heavy (non-hydrogen) atoms. The third-order valence-corrected chi connectivity index (χ3v) is 4.80. The standard InChI is InChI=1S/C22H22FN5O5/c1-2-32-21(30)14-4-3-5-15(12-14)25-22-27-26-20(33-22)19(29)24-16-6-7-18(17(23)13-16)28-8-10-31-11-9-28/h3-7,12-13H,2,8-11H2,1H3,(H,24,29)(H,25,27). The van der Waals surface area contributed by atoms with E-state index in [-0.39, 0.29) is 24.2 Å². The molecule has 2 aromatic carbocycles. The van der Waals surface area contributed by atoms with Crippen molar-refractivity contribution >= 4 is 35.0 Å². The summed E-state index contributed by atoms with van der Waals surface area (Å²) in [7, 11) is 0. The summed E-state index contributed by atoms with van der Waals surface area (Å²) in [6, 6.07) is 10.9. The number of aromatic nitrogens is 2. The van der Waals surface area contributed by atoms with E-state index in [1.807, 2.05) is 4.90 Å². The molecule has 1 saturated heterocycles. The summed E-state index contributed by atoms with van der Waals surface area (Å²) in [6.07, 6.45) is 0. The molecule has 0 radical (unpaired) electrons. The van der Waals surface area contributed by atoms with Gasteiger partial charge in [0.2, 0.25) is 0 Å². The van der Waals surface area contributed by atoms with Crippen molar-refractivity contribution in [2.75, 3.05) is 48.4 Å². The molecule has 1 aliphatic heterocycles. The SMILES string of the molecule is CCOC(=O)c1cccc(Nc2nnc(C(=O)Nc3ccc(N4CCOCC4)c(F)c3)o2)c1. The van der Waals surface area contributed by atoms with Gasteiger partial charge in [-0.3, -0.25) is 4.79 Å². The van der Waals surface area contributed by atoms with E-state index >= 15 is 0 Å². The Kier molecular flexibility index (Phi) is 6.79. The number of benzene rings is 2. The molecule has 3 aromatic rings. The number of hydrogen-bond donors (Lipinski definition) is 2. The molecule has 172 valence electrons. The predicted octanol–water partition coefficient (Wildman–Crippen LogP) is 3.22. The van der Waals surface area contributed by atoms with E-state index < -0.39 is 17.7 Å². The van der Waals surface area contributed by atoms with E-state index in [0.29, 0.717) is 43.2 Å². The second kappa shape index (κ2) is 10.1. The van der Waals surface area contributed by atoms with E-state index in [9.17, 15) is 14.0 Å². The van der Waals surface area contributed by atoms with Crippen molar-refractivity contribution in [1.82, 2.24) is 10.2 Å². The predicted molar refractivity (Wildman–Crippen MR) is 117 cm³/mol. The number of esters is 1. The lowest BCUT2D eigenvalue weighted by Crippen LogP contribution is -2.36. The Morgan fingerprint density at radius 1 is 1.12 bits per heavy atom. The first-order valence-corrected chi connectivity index (χ1v) is 10.3. The molecule has 1 fully saturated rings. The van der Waals surface area contributed by atoms with Crippen LogP contribution in [0.3, 0.4) is 0 Å². The minimum atomic E-state index is -0.686. The molecule has 0 spiro atoms. The molecule has 0 saturated carbocycles. The van der Waals surface area contributed by atoms with E-state index in [1.54, 1.807) is 43.3 Å². The smallest absolute Gasteiger partial charge is 0.338 e. The van der Waals surface area contributed by atoms with Gasteiger partial charge in [0.1, 0.15) is 5.82 Å². The van der Waals surface area contributed by atoms with Crippen LogP contribution in [-0.4, -0.2) is 55.0 Å². The normalized spacial score (nSPS) is 13.5. The van der Waals surface area contributed by atoms with Gasteiger partial charge >= 0.3 is 23.8 Å². The molecule has 1 aliphatic rings. The average molecular weight is 455 g/mol. The van der Waals surface area contributed by atoms with Gasteiger partial charge in [0, 0.05) is 24.5 Å². The van der Waals surface area contributed by atoms with Gasteiger partial charge in [0.15, 0.2) is 0 Å². The Bertz CT molecular complexity index is 1150. The van der Waals surface area contributed by atoms with Crippen molar-refractivity contribution in [3.8, 4) is 0 Å². The summed E-state index contributed by atoms with van der Waals surface area (Å²) in [6.45, 7) is 4.26. The summed E-state index contributed by atoms with van der Waals surface area (Å²) >= 11 is 0. The molecule has 2 heterocycles. The second-order valence-corrected chi connectivity index (χ2v) is 7.06. The summed E-state index contributed by atoms with van der Waals surface area (Å²) in [5.74, 6) is -1.91. The second-order valence-electron chi connectivity index (χ2n) is 7.06. The first-order chi connectivity index (χ1) is 16.0. The first-order valence-electron chi connectivity index (χ1n) is 10.3. The van der Waals surface area contributed by atoms with E-state index in [0.717, 1.165) is 0 Å². The van der Waals surface area contributed by atoms with Crippen molar-refractivity contribution < 1.29 is 27.9 Å². The van der Waals surface area contributed by atoms with Crippen LogP contribution in [0.25, 0.3) is 0 Å². The average Bonchev–Trinajstić information content (AvgIpc) is 3.29. The third kappa shape index (κ3) is 5.44. The Morgan fingerprint density at radius 2 is 1.94 bits per heavy atom. The number of ether oxygens (including phenoxy) is 2. The molecule has 11 heteroatoms. The van der Waals surface area contributed by atoms with Crippen LogP contribution < -0.4 is 15.5 Å². The topological polar surface area (TPSA) is 119 Å². The van der Waals surface area contributed by atoms with Crippen LogP contribution in [-0.2, 0) is 9.47 Å². The highest BCUT2D eigenvalue weighted by Gasteiger charge is 2.19. The Hall–Kier alpha value is -3.99. The van der Waals surface area contributed by atoms with Crippen LogP contribution in [0.5, 0.6) is 0 Å². The van der Waals surface area contributed by atoms with Crippen LogP contribution in [0.4, 0.5) is 27.5 Å². The highest BCUT2D eigenvalue weighted by Crippen LogP contribution is 2.24. The lowest BCUT2D eigenvalue weighted by molar-refractivity contribution is 0.0526. The van der Waals surface area contributed by atoms with Gasteiger partial charge in [0.05, 0.1) is 31.1 Å². The molecular weight excluding hydrogens is 433 g/mol. The zero-order chi connectivity index (χ0) is 23.2. The summed E-state index contributed by atoms with van der Waals surface area (Å²) in [4.78, 5) is 26.2. The zero-order valence-corrected chi connectivity index (χ0v) is 17.8.